The number of carbonyl (C=O) groups excluding carboxylic acids is 1. The maximum Gasteiger partial charge on any atom is 0.237 e. The molecule has 92 valence electrons. The van der Waals surface area contributed by atoms with Crippen molar-refractivity contribution >= 4 is 5.91 Å². The SMILES string of the molecule is C=CCCOCCCN1C(=O)CNC1CC. The summed E-state index contributed by atoms with van der Waals surface area (Å²) in [4.78, 5) is 13.4. The van der Waals surface area contributed by atoms with Crippen LogP contribution in [0.5, 0.6) is 0 Å². The molecule has 0 saturated carbocycles. The molecule has 1 N–H and O–H groups in total. The van der Waals surface area contributed by atoms with Crippen LogP contribution in [0, 0.1) is 0 Å². The van der Waals surface area contributed by atoms with Crippen LogP contribution in [0.2, 0.25) is 0 Å². The predicted octanol–water partition coefficient (Wildman–Crippen LogP) is 1.14. The van der Waals surface area contributed by atoms with Gasteiger partial charge in [0.2, 0.25) is 5.91 Å². The normalized spacial score (nSPS) is 20.4. The highest BCUT2D eigenvalue weighted by molar-refractivity contribution is 5.80. The number of amides is 1. The molecule has 1 fully saturated rings. The third-order valence-electron chi connectivity index (χ3n) is 2.73. The van der Waals surface area contributed by atoms with Gasteiger partial charge in [-0.2, -0.15) is 0 Å². The first kappa shape index (κ1) is 13.2. The van der Waals surface area contributed by atoms with Gasteiger partial charge in [0.1, 0.15) is 0 Å². The lowest BCUT2D eigenvalue weighted by Gasteiger charge is -2.22. The van der Waals surface area contributed by atoms with Gasteiger partial charge in [-0.15, -0.1) is 6.58 Å². The minimum absolute atomic E-state index is 0.206. The van der Waals surface area contributed by atoms with Gasteiger partial charge in [0.05, 0.1) is 12.7 Å². The fourth-order valence-electron chi connectivity index (χ4n) is 1.84. The van der Waals surface area contributed by atoms with Crippen LogP contribution in [0.1, 0.15) is 26.2 Å². The van der Waals surface area contributed by atoms with Crippen LogP contribution in [-0.4, -0.2) is 43.3 Å². The highest BCUT2D eigenvalue weighted by atomic mass is 16.5. The minimum atomic E-state index is 0.206. The summed E-state index contributed by atoms with van der Waals surface area (Å²) in [6.07, 6.45) is 4.83. The lowest BCUT2D eigenvalue weighted by molar-refractivity contribution is -0.128. The number of nitrogens with one attached hydrogen (secondary N) is 1. The van der Waals surface area contributed by atoms with Crippen molar-refractivity contribution in [2.24, 2.45) is 0 Å². The predicted molar refractivity (Wildman–Crippen MR) is 64.0 cm³/mol. The summed E-state index contributed by atoms with van der Waals surface area (Å²) in [5, 5.41) is 3.19. The molecular weight excluding hydrogens is 204 g/mol. The van der Waals surface area contributed by atoms with Gasteiger partial charge in [0.25, 0.3) is 0 Å². The molecule has 1 heterocycles. The molecule has 0 bridgehead atoms. The summed E-state index contributed by atoms with van der Waals surface area (Å²) >= 11 is 0. The Morgan fingerprint density at radius 2 is 2.44 bits per heavy atom. The van der Waals surface area contributed by atoms with Crippen molar-refractivity contribution < 1.29 is 9.53 Å². The molecule has 0 spiro atoms. The van der Waals surface area contributed by atoms with Gasteiger partial charge in [-0.1, -0.05) is 13.0 Å². The van der Waals surface area contributed by atoms with E-state index in [-0.39, 0.29) is 12.1 Å². The lowest BCUT2D eigenvalue weighted by Crippen LogP contribution is -2.37. The average Bonchev–Trinajstić information content (AvgIpc) is 2.65. The molecule has 0 aromatic heterocycles. The van der Waals surface area contributed by atoms with E-state index in [0.29, 0.717) is 13.2 Å². The van der Waals surface area contributed by atoms with Gasteiger partial charge in [-0.05, 0) is 19.3 Å². The molecule has 1 unspecified atom stereocenters. The Morgan fingerprint density at radius 1 is 1.62 bits per heavy atom. The molecule has 1 amide bonds. The van der Waals surface area contributed by atoms with Crippen molar-refractivity contribution in [3.8, 4) is 0 Å². The molecule has 0 aliphatic carbocycles. The molecule has 16 heavy (non-hydrogen) atoms. The van der Waals surface area contributed by atoms with E-state index < -0.39 is 0 Å². The highest BCUT2D eigenvalue weighted by Crippen LogP contribution is 2.08. The number of hydrogen-bond acceptors (Lipinski definition) is 3. The van der Waals surface area contributed by atoms with Crippen molar-refractivity contribution in [3.05, 3.63) is 12.7 Å². The molecule has 4 heteroatoms. The van der Waals surface area contributed by atoms with E-state index in [2.05, 4.69) is 18.8 Å². The third kappa shape index (κ3) is 3.94. The van der Waals surface area contributed by atoms with E-state index in [4.69, 9.17) is 4.74 Å². The molecule has 0 aromatic carbocycles. The smallest absolute Gasteiger partial charge is 0.237 e. The van der Waals surface area contributed by atoms with Crippen LogP contribution >= 0.6 is 0 Å². The van der Waals surface area contributed by atoms with Crippen LogP contribution in [0.15, 0.2) is 12.7 Å². The molecule has 4 nitrogen and oxygen atoms in total. The number of rotatable bonds is 8. The van der Waals surface area contributed by atoms with E-state index in [9.17, 15) is 4.79 Å². The maximum atomic E-state index is 11.5. The molecule has 1 aliphatic rings. The van der Waals surface area contributed by atoms with Gasteiger partial charge in [0.15, 0.2) is 0 Å². The zero-order chi connectivity index (χ0) is 11.8. The van der Waals surface area contributed by atoms with Crippen LogP contribution in [0.3, 0.4) is 0 Å². The first-order valence-electron chi connectivity index (χ1n) is 6.01. The molecule has 0 aromatic rings. The highest BCUT2D eigenvalue weighted by Gasteiger charge is 2.27. The summed E-state index contributed by atoms with van der Waals surface area (Å²) in [5.41, 5.74) is 0. The monoisotopic (exact) mass is 226 g/mol. The summed E-state index contributed by atoms with van der Waals surface area (Å²) in [6.45, 7) is 8.44. The Hall–Kier alpha value is -0.870. The van der Waals surface area contributed by atoms with Crippen molar-refractivity contribution in [3.63, 3.8) is 0 Å². The second kappa shape index (κ2) is 7.41. The van der Waals surface area contributed by atoms with Crippen molar-refractivity contribution in [1.29, 1.82) is 0 Å². The third-order valence-corrected chi connectivity index (χ3v) is 2.73. The van der Waals surface area contributed by atoms with Gasteiger partial charge < -0.3 is 9.64 Å². The van der Waals surface area contributed by atoms with E-state index in [1.54, 1.807) is 0 Å². The Morgan fingerprint density at radius 3 is 3.12 bits per heavy atom. The Kier molecular flexibility index (Phi) is 6.11. The van der Waals surface area contributed by atoms with E-state index >= 15 is 0 Å². The number of hydrogen-bond donors (Lipinski definition) is 1. The fourth-order valence-corrected chi connectivity index (χ4v) is 1.84. The molecular formula is C12H22N2O2. The second-order valence-corrected chi connectivity index (χ2v) is 3.94. The van der Waals surface area contributed by atoms with Gasteiger partial charge in [-0.3, -0.25) is 10.1 Å². The molecule has 1 saturated heterocycles. The van der Waals surface area contributed by atoms with E-state index in [0.717, 1.165) is 32.4 Å². The summed E-state index contributed by atoms with van der Waals surface area (Å²) in [7, 11) is 0. The summed E-state index contributed by atoms with van der Waals surface area (Å²) < 4.78 is 5.41. The van der Waals surface area contributed by atoms with Crippen LogP contribution in [-0.2, 0) is 9.53 Å². The summed E-state index contributed by atoms with van der Waals surface area (Å²) in [6, 6.07) is 0. The van der Waals surface area contributed by atoms with Gasteiger partial charge in [-0.25, -0.2) is 0 Å². The number of nitrogens with zero attached hydrogens (tertiary/aromatic N) is 1. The van der Waals surface area contributed by atoms with Gasteiger partial charge >= 0.3 is 0 Å². The van der Waals surface area contributed by atoms with E-state index in [1.807, 2.05) is 11.0 Å². The molecule has 0 radical (unpaired) electrons. The Balaban J connectivity index is 2.11. The quantitative estimate of drug-likeness (QED) is 0.498. The Bertz CT molecular complexity index is 231. The van der Waals surface area contributed by atoms with Crippen molar-refractivity contribution in [1.82, 2.24) is 10.2 Å². The Labute approximate surface area is 97.6 Å². The van der Waals surface area contributed by atoms with Crippen molar-refractivity contribution in [2.75, 3.05) is 26.3 Å². The van der Waals surface area contributed by atoms with Crippen LogP contribution in [0.4, 0.5) is 0 Å². The largest absolute Gasteiger partial charge is 0.381 e. The number of carbonyl (C=O) groups is 1. The summed E-state index contributed by atoms with van der Waals surface area (Å²) in [5.74, 6) is 0.206. The molecule has 1 atom stereocenters. The van der Waals surface area contributed by atoms with Crippen molar-refractivity contribution in [2.45, 2.75) is 32.4 Å². The zero-order valence-electron chi connectivity index (χ0n) is 10.1. The maximum absolute atomic E-state index is 11.5. The first-order valence-corrected chi connectivity index (χ1v) is 6.01. The lowest BCUT2D eigenvalue weighted by atomic mass is 10.3. The number of ether oxygens (including phenoxy) is 1. The zero-order valence-corrected chi connectivity index (χ0v) is 10.1. The first-order chi connectivity index (χ1) is 7.79. The fraction of sp³-hybridized carbons (Fsp3) is 0.750. The topological polar surface area (TPSA) is 41.6 Å². The minimum Gasteiger partial charge on any atom is -0.381 e. The molecule has 1 rings (SSSR count). The molecule has 1 aliphatic heterocycles. The van der Waals surface area contributed by atoms with Crippen LogP contribution < -0.4 is 5.32 Å². The standard InChI is InChI=1S/C12H22N2O2/c1-3-5-8-16-9-6-7-14-11(4-2)13-10-12(14)15/h3,11,13H,1,4-10H2,2H3. The average molecular weight is 226 g/mol. The van der Waals surface area contributed by atoms with E-state index in [1.165, 1.54) is 0 Å². The van der Waals surface area contributed by atoms with Crippen LogP contribution in [0.25, 0.3) is 0 Å². The van der Waals surface area contributed by atoms with Gasteiger partial charge in [0, 0.05) is 19.8 Å². The second-order valence-electron chi connectivity index (χ2n) is 3.94.